The summed E-state index contributed by atoms with van der Waals surface area (Å²) in [6.07, 6.45) is 0. The van der Waals surface area contributed by atoms with Crippen LogP contribution in [0.2, 0.25) is 0 Å². The Morgan fingerprint density at radius 3 is 2.68 bits per heavy atom. The van der Waals surface area contributed by atoms with Crippen LogP contribution in [0.4, 0.5) is 4.39 Å². The van der Waals surface area contributed by atoms with Crippen LogP contribution in [0, 0.1) is 5.82 Å². The third-order valence-corrected chi connectivity index (χ3v) is 4.74. The number of hydrogen-bond donors (Lipinski definition) is 1. The van der Waals surface area contributed by atoms with E-state index in [-0.39, 0.29) is 24.3 Å². The zero-order chi connectivity index (χ0) is 14.7. The van der Waals surface area contributed by atoms with Crippen molar-refractivity contribution in [1.29, 1.82) is 0 Å². The van der Waals surface area contributed by atoms with Gasteiger partial charge >= 0.3 is 0 Å². The Labute approximate surface area is 140 Å². The third kappa shape index (κ3) is 3.60. The predicted octanol–water partition coefficient (Wildman–Crippen LogP) is 3.31. The van der Waals surface area contributed by atoms with Gasteiger partial charge in [0.05, 0.1) is 13.2 Å². The molecule has 3 rings (SSSR count). The molecule has 0 unspecified atom stereocenters. The fraction of sp³-hybridized carbons (Fsp3) is 0.375. The van der Waals surface area contributed by atoms with Crippen molar-refractivity contribution in [3.05, 3.63) is 52.0 Å². The number of piperazine rings is 1. The molecule has 0 radical (unpaired) electrons. The Kier molecular flexibility index (Phi) is 6.20. The molecule has 0 amide bonds. The second-order valence-corrected chi connectivity index (χ2v) is 6.07. The van der Waals surface area contributed by atoms with Crippen LogP contribution >= 0.6 is 23.7 Å². The van der Waals surface area contributed by atoms with Crippen molar-refractivity contribution in [3.63, 3.8) is 0 Å². The number of thiophene rings is 1. The van der Waals surface area contributed by atoms with Gasteiger partial charge in [-0.1, -0.05) is 6.07 Å². The first-order valence-electron chi connectivity index (χ1n) is 7.11. The van der Waals surface area contributed by atoms with Gasteiger partial charge in [-0.15, -0.1) is 23.7 Å². The summed E-state index contributed by atoms with van der Waals surface area (Å²) in [4.78, 5) is 3.61. The fourth-order valence-electron chi connectivity index (χ4n) is 2.84. The van der Waals surface area contributed by atoms with Gasteiger partial charge in [-0.2, -0.15) is 0 Å². The van der Waals surface area contributed by atoms with Crippen LogP contribution in [0.5, 0.6) is 5.75 Å². The van der Waals surface area contributed by atoms with Crippen LogP contribution in [-0.2, 0) is 0 Å². The van der Waals surface area contributed by atoms with Gasteiger partial charge in [0, 0.05) is 36.6 Å². The van der Waals surface area contributed by atoms with Crippen LogP contribution in [0.15, 0.2) is 35.7 Å². The van der Waals surface area contributed by atoms with E-state index in [1.165, 1.54) is 10.9 Å². The van der Waals surface area contributed by atoms with Crippen LogP contribution in [0.3, 0.4) is 0 Å². The minimum atomic E-state index is -0.220. The number of nitrogens with zero attached hydrogens (tertiary/aromatic N) is 1. The van der Waals surface area contributed by atoms with E-state index >= 15 is 0 Å². The molecule has 0 bridgehead atoms. The number of rotatable bonds is 4. The highest BCUT2D eigenvalue weighted by atomic mass is 35.5. The van der Waals surface area contributed by atoms with Crippen LogP contribution in [0.1, 0.15) is 16.5 Å². The Balaban J connectivity index is 0.00000176. The molecule has 1 fully saturated rings. The molecule has 6 heteroatoms. The van der Waals surface area contributed by atoms with Gasteiger partial charge < -0.3 is 10.1 Å². The van der Waals surface area contributed by atoms with Gasteiger partial charge in [0.1, 0.15) is 11.6 Å². The van der Waals surface area contributed by atoms with Gasteiger partial charge in [-0.3, -0.25) is 4.90 Å². The molecule has 2 heterocycles. The SMILES string of the molecule is COc1ccc(F)cc1[C@@H](c1cccs1)N1CCNCC1.Cl. The maximum Gasteiger partial charge on any atom is 0.124 e. The summed E-state index contributed by atoms with van der Waals surface area (Å²) in [5.74, 6) is 0.524. The Morgan fingerprint density at radius 1 is 1.27 bits per heavy atom. The largest absolute Gasteiger partial charge is 0.496 e. The molecule has 3 nitrogen and oxygen atoms in total. The number of halogens is 2. The number of benzene rings is 1. The standard InChI is InChI=1S/C16H19FN2OS.ClH/c1-20-14-5-4-12(17)11-13(14)16(15-3-2-10-21-15)19-8-6-18-7-9-19;/h2-5,10-11,16,18H,6-9H2,1H3;1H/t16-;/m0./s1. The number of ether oxygens (including phenoxy) is 1. The lowest BCUT2D eigenvalue weighted by molar-refractivity contribution is 0.197. The smallest absolute Gasteiger partial charge is 0.124 e. The first kappa shape index (κ1) is 17.2. The minimum Gasteiger partial charge on any atom is -0.496 e. The van der Waals surface area contributed by atoms with E-state index in [0.29, 0.717) is 0 Å². The number of methoxy groups -OCH3 is 1. The summed E-state index contributed by atoms with van der Waals surface area (Å²) < 4.78 is 19.2. The van der Waals surface area contributed by atoms with E-state index in [4.69, 9.17) is 4.74 Å². The first-order valence-corrected chi connectivity index (χ1v) is 7.99. The van der Waals surface area contributed by atoms with Crippen molar-refractivity contribution in [2.75, 3.05) is 33.3 Å². The molecule has 1 aromatic carbocycles. The fourth-order valence-corrected chi connectivity index (χ4v) is 3.71. The Morgan fingerprint density at radius 2 is 2.05 bits per heavy atom. The highest BCUT2D eigenvalue weighted by molar-refractivity contribution is 7.10. The quantitative estimate of drug-likeness (QED) is 0.922. The Bertz CT molecular complexity index is 588. The van der Waals surface area contributed by atoms with Gasteiger partial charge in [0.2, 0.25) is 0 Å². The summed E-state index contributed by atoms with van der Waals surface area (Å²) in [5, 5.41) is 5.43. The molecule has 0 aliphatic carbocycles. The maximum atomic E-state index is 13.8. The van der Waals surface area contributed by atoms with E-state index < -0.39 is 0 Å². The van der Waals surface area contributed by atoms with Crippen molar-refractivity contribution in [3.8, 4) is 5.75 Å². The molecule has 0 spiro atoms. The van der Waals surface area contributed by atoms with Crippen molar-refractivity contribution in [2.45, 2.75) is 6.04 Å². The summed E-state index contributed by atoms with van der Waals surface area (Å²) >= 11 is 1.70. The molecule has 1 atom stereocenters. The molecule has 120 valence electrons. The normalized spacial score (nSPS) is 16.8. The lowest BCUT2D eigenvalue weighted by Gasteiger charge is -2.35. The molecule has 1 aromatic heterocycles. The van der Waals surface area contributed by atoms with E-state index in [1.54, 1.807) is 30.6 Å². The summed E-state index contributed by atoms with van der Waals surface area (Å²) in [6, 6.07) is 8.98. The third-order valence-electron chi connectivity index (χ3n) is 3.82. The predicted molar refractivity (Wildman–Crippen MR) is 90.8 cm³/mol. The van der Waals surface area contributed by atoms with E-state index in [9.17, 15) is 4.39 Å². The van der Waals surface area contributed by atoms with Gasteiger partial charge in [-0.05, 0) is 29.6 Å². The lowest BCUT2D eigenvalue weighted by atomic mass is 10.0. The average molecular weight is 343 g/mol. The molecule has 22 heavy (non-hydrogen) atoms. The van der Waals surface area contributed by atoms with E-state index in [2.05, 4.69) is 21.7 Å². The topological polar surface area (TPSA) is 24.5 Å². The van der Waals surface area contributed by atoms with Crippen LogP contribution in [-0.4, -0.2) is 38.2 Å². The van der Waals surface area contributed by atoms with Crippen molar-refractivity contribution in [2.24, 2.45) is 0 Å². The van der Waals surface area contributed by atoms with Gasteiger partial charge in [-0.25, -0.2) is 4.39 Å². The number of hydrogen-bond acceptors (Lipinski definition) is 4. The van der Waals surface area contributed by atoms with Crippen molar-refractivity contribution >= 4 is 23.7 Å². The molecule has 1 N–H and O–H groups in total. The van der Waals surface area contributed by atoms with Crippen molar-refractivity contribution in [1.82, 2.24) is 10.2 Å². The first-order chi connectivity index (χ1) is 10.3. The molecule has 1 aliphatic heterocycles. The molecule has 1 saturated heterocycles. The molecule has 0 saturated carbocycles. The lowest BCUT2D eigenvalue weighted by Crippen LogP contribution is -2.45. The molecular weight excluding hydrogens is 323 g/mol. The maximum absolute atomic E-state index is 13.8. The van der Waals surface area contributed by atoms with Crippen molar-refractivity contribution < 1.29 is 9.13 Å². The molecular formula is C16H20ClFN2OS. The Hall–Kier alpha value is -1.14. The van der Waals surface area contributed by atoms with Gasteiger partial charge in [0.15, 0.2) is 0 Å². The highest BCUT2D eigenvalue weighted by Gasteiger charge is 2.27. The van der Waals surface area contributed by atoms with Crippen LogP contribution < -0.4 is 10.1 Å². The monoisotopic (exact) mass is 342 g/mol. The second-order valence-electron chi connectivity index (χ2n) is 5.09. The highest BCUT2D eigenvalue weighted by Crippen LogP contribution is 2.37. The van der Waals surface area contributed by atoms with Crippen LogP contribution in [0.25, 0.3) is 0 Å². The number of nitrogens with one attached hydrogen (secondary N) is 1. The summed E-state index contributed by atoms with van der Waals surface area (Å²) in [6.45, 7) is 3.81. The van der Waals surface area contributed by atoms with E-state index in [1.807, 2.05) is 6.07 Å². The summed E-state index contributed by atoms with van der Waals surface area (Å²) in [7, 11) is 1.64. The van der Waals surface area contributed by atoms with Gasteiger partial charge in [0.25, 0.3) is 0 Å². The zero-order valence-electron chi connectivity index (χ0n) is 12.4. The zero-order valence-corrected chi connectivity index (χ0v) is 14.1. The molecule has 2 aromatic rings. The second kappa shape index (κ2) is 7.92. The molecule has 1 aliphatic rings. The minimum absolute atomic E-state index is 0. The van der Waals surface area contributed by atoms with E-state index in [0.717, 1.165) is 37.5 Å². The average Bonchev–Trinajstić information content (AvgIpc) is 3.03. The summed E-state index contributed by atoms with van der Waals surface area (Å²) in [5.41, 5.74) is 0.904.